The Morgan fingerprint density at radius 3 is 2.61 bits per heavy atom. The maximum absolute atomic E-state index is 12.7. The largest absolute Gasteiger partial charge is 0.460 e. The fourth-order valence-electron chi connectivity index (χ4n) is 1.69. The highest BCUT2D eigenvalue weighted by Crippen LogP contribution is 2.47. The smallest absolute Gasteiger partial charge is 0.437 e. The van der Waals surface area contributed by atoms with Gasteiger partial charge in [0, 0.05) is 5.92 Å². The molecule has 0 saturated heterocycles. The first-order valence-electron chi connectivity index (χ1n) is 5.59. The summed E-state index contributed by atoms with van der Waals surface area (Å²) in [4.78, 5) is 14.8. The lowest BCUT2D eigenvalue weighted by Crippen LogP contribution is -2.14. The van der Waals surface area contributed by atoms with E-state index in [1.54, 1.807) is 0 Å². The van der Waals surface area contributed by atoms with Gasteiger partial charge in [0.2, 0.25) is 5.76 Å². The van der Waals surface area contributed by atoms with Crippen molar-refractivity contribution in [3.05, 3.63) is 17.3 Å². The summed E-state index contributed by atoms with van der Waals surface area (Å²) in [6.07, 6.45) is -4.00. The predicted molar refractivity (Wildman–Crippen MR) is 54.0 cm³/mol. The third kappa shape index (κ3) is 2.34. The summed E-state index contributed by atoms with van der Waals surface area (Å²) in [5.74, 6) is -1.90. The summed E-state index contributed by atoms with van der Waals surface area (Å²) in [5, 5.41) is 0. The number of carbonyl (C=O) groups is 1. The number of nitrogens with zero attached hydrogens (tertiary/aromatic N) is 1. The first kappa shape index (κ1) is 12.9. The number of oxazole rings is 1. The van der Waals surface area contributed by atoms with Crippen molar-refractivity contribution in [2.75, 3.05) is 6.61 Å². The van der Waals surface area contributed by atoms with Gasteiger partial charge in [-0.05, 0) is 19.3 Å². The number of hydrogen-bond donors (Lipinski definition) is 0. The van der Waals surface area contributed by atoms with Crippen molar-refractivity contribution < 1.29 is 27.1 Å². The van der Waals surface area contributed by atoms with Crippen molar-refractivity contribution in [3.63, 3.8) is 0 Å². The average Bonchev–Trinajstić information content (AvgIpc) is 2.81. The van der Waals surface area contributed by atoms with Crippen LogP contribution in [0.15, 0.2) is 4.42 Å². The van der Waals surface area contributed by atoms with E-state index < -0.39 is 23.6 Å². The first-order chi connectivity index (χ1) is 8.34. The summed E-state index contributed by atoms with van der Waals surface area (Å²) in [5.41, 5.74) is -1.30. The first-order valence-corrected chi connectivity index (χ1v) is 5.59. The van der Waals surface area contributed by atoms with Crippen LogP contribution in [0.25, 0.3) is 0 Å². The lowest BCUT2D eigenvalue weighted by Gasteiger charge is -2.03. The van der Waals surface area contributed by atoms with Gasteiger partial charge < -0.3 is 9.15 Å². The highest BCUT2D eigenvalue weighted by atomic mass is 19.4. The highest BCUT2D eigenvalue weighted by molar-refractivity contribution is 5.87. The molecule has 0 amide bonds. The minimum atomic E-state index is -4.72. The predicted octanol–water partition coefficient (Wildman–Crippen LogP) is 2.99. The topological polar surface area (TPSA) is 52.3 Å². The summed E-state index contributed by atoms with van der Waals surface area (Å²) >= 11 is 0. The van der Waals surface area contributed by atoms with Crippen LogP contribution in [0.1, 0.15) is 48.3 Å². The Morgan fingerprint density at radius 2 is 2.17 bits per heavy atom. The van der Waals surface area contributed by atoms with Crippen molar-refractivity contribution in [1.29, 1.82) is 0 Å². The van der Waals surface area contributed by atoms with Crippen LogP contribution < -0.4 is 0 Å². The molecular formula is C11H12F3NO3. The Kier molecular flexibility index (Phi) is 3.08. The van der Waals surface area contributed by atoms with Crippen LogP contribution in [0.3, 0.4) is 0 Å². The van der Waals surface area contributed by atoms with Crippen molar-refractivity contribution in [1.82, 2.24) is 4.98 Å². The van der Waals surface area contributed by atoms with Gasteiger partial charge >= 0.3 is 12.1 Å². The minimum absolute atomic E-state index is 0.0218. The molecule has 1 saturated carbocycles. The molecule has 1 aromatic heterocycles. The fourth-order valence-corrected chi connectivity index (χ4v) is 1.69. The number of esters is 1. The van der Waals surface area contributed by atoms with Crippen molar-refractivity contribution in [3.8, 4) is 0 Å². The van der Waals surface area contributed by atoms with Gasteiger partial charge in [0.05, 0.1) is 6.61 Å². The van der Waals surface area contributed by atoms with E-state index in [0.717, 1.165) is 6.42 Å². The average molecular weight is 263 g/mol. The lowest BCUT2D eigenvalue weighted by atomic mass is 10.3. The Hall–Kier alpha value is -1.53. The van der Waals surface area contributed by atoms with Crippen LogP contribution >= 0.6 is 0 Å². The molecular weight excluding hydrogens is 251 g/mol. The van der Waals surface area contributed by atoms with Gasteiger partial charge in [-0.1, -0.05) is 6.92 Å². The van der Waals surface area contributed by atoms with Gasteiger partial charge in [0.1, 0.15) is 0 Å². The second-order valence-corrected chi connectivity index (χ2v) is 4.27. The molecule has 0 aromatic carbocycles. The van der Waals surface area contributed by atoms with Crippen LogP contribution in [0, 0.1) is 5.92 Å². The van der Waals surface area contributed by atoms with Crippen LogP contribution in [0.5, 0.6) is 0 Å². The number of halogens is 3. The van der Waals surface area contributed by atoms with Gasteiger partial charge in [-0.25, -0.2) is 9.78 Å². The third-order valence-corrected chi connectivity index (χ3v) is 2.80. The molecule has 0 spiro atoms. The molecule has 0 radical (unpaired) electrons. The second kappa shape index (κ2) is 4.29. The highest BCUT2D eigenvalue weighted by Gasteiger charge is 2.45. The molecule has 0 bridgehead atoms. The molecule has 1 heterocycles. The molecule has 2 unspecified atom stereocenters. The summed E-state index contributed by atoms with van der Waals surface area (Å²) in [6.45, 7) is 3.36. The van der Waals surface area contributed by atoms with E-state index >= 15 is 0 Å². The number of alkyl halides is 3. The van der Waals surface area contributed by atoms with Crippen molar-refractivity contribution in [2.45, 2.75) is 32.4 Å². The zero-order chi connectivity index (χ0) is 13.5. The lowest BCUT2D eigenvalue weighted by molar-refractivity contribution is -0.141. The minimum Gasteiger partial charge on any atom is -0.460 e. The zero-order valence-corrected chi connectivity index (χ0v) is 9.87. The van der Waals surface area contributed by atoms with E-state index in [0.29, 0.717) is 0 Å². The van der Waals surface area contributed by atoms with Gasteiger partial charge in [0.15, 0.2) is 11.6 Å². The molecule has 1 fully saturated rings. The molecule has 100 valence electrons. The van der Waals surface area contributed by atoms with Crippen molar-refractivity contribution in [2.24, 2.45) is 5.92 Å². The maximum Gasteiger partial charge on any atom is 0.437 e. The van der Waals surface area contributed by atoms with Gasteiger partial charge in [-0.15, -0.1) is 0 Å². The normalized spacial score (nSPS) is 22.9. The molecule has 18 heavy (non-hydrogen) atoms. The zero-order valence-electron chi connectivity index (χ0n) is 9.87. The Balaban J connectivity index is 2.36. The van der Waals surface area contributed by atoms with Gasteiger partial charge in [-0.2, -0.15) is 13.2 Å². The molecule has 0 N–H and O–H groups in total. The number of ether oxygens (including phenoxy) is 1. The summed E-state index contributed by atoms with van der Waals surface area (Å²) in [6, 6.07) is 0. The van der Waals surface area contributed by atoms with Gasteiger partial charge in [0.25, 0.3) is 0 Å². The van der Waals surface area contributed by atoms with E-state index in [2.05, 4.69) is 9.72 Å². The standard InChI is InChI=1S/C11H12F3NO3/c1-3-17-10(16)7-8(11(12,13)14)15-9(18-7)6-4-5(6)2/h5-6H,3-4H2,1-2H3. The van der Waals surface area contributed by atoms with Crippen molar-refractivity contribution >= 4 is 5.97 Å². The van der Waals surface area contributed by atoms with Crippen LogP contribution in [0.4, 0.5) is 13.2 Å². The quantitative estimate of drug-likeness (QED) is 0.786. The fraction of sp³-hybridized carbons (Fsp3) is 0.636. The Bertz CT molecular complexity index is 467. The van der Waals surface area contributed by atoms with E-state index in [1.165, 1.54) is 6.92 Å². The van der Waals surface area contributed by atoms with E-state index in [-0.39, 0.29) is 24.3 Å². The van der Waals surface area contributed by atoms with E-state index in [9.17, 15) is 18.0 Å². The molecule has 2 rings (SSSR count). The molecule has 0 aliphatic heterocycles. The number of aromatic nitrogens is 1. The molecule has 2 atom stereocenters. The van der Waals surface area contributed by atoms with Crippen LogP contribution in [-0.4, -0.2) is 17.6 Å². The Labute approximate surface area is 101 Å². The van der Waals surface area contributed by atoms with Crippen LogP contribution in [-0.2, 0) is 10.9 Å². The summed E-state index contributed by atoms with van der Waals surface area (Å²) < 4.78 is 47.6. The molecule has 1 aromatic rings. The number of hydrogen-bond acceptors (Lipinski definition) is 4. The SMILES string of the molecule is CCOC(=O)c1oc(C2CC2C)nc1C(F)(F)F. The Morgan fingerprint density at radius 1 is 1.56 bits per heavy atom. The molecule has 4 nitrogen and oxygen atoms in total. The number of rotatable bonds is 3. The molecule has 7 heteroatoms. The van der Waals surface area contributed by atoms with E-state index in [4.69, 9.17) is 4.42 Å². The summed E-state index contributed by atoms with van der Waals surface area (Å²) in [7, 11) is 0. The van der Waals surface area contributed by atoms with E-state index in [1.807, 2.05) is 6.92 Å². The maximum atomic E-state index is 12.7. The number of carbonyl (C=O) groups excluding carboxylic acids is 1. The molecule has 1 aliphatic carbocycles. The third-order valence-electron chi connectivity index (χ3n) is 2.80. The van der Waals surface area contributed by atoms with Crippen LogP contribution in [0.2, 0.25) is 0 Å². The molecule has 1 aliphatic rings. The monoisotopic (exact) mass is 263 g/mol. The second-order valence-electron chi connectivity index (χ2n) is 4.27. The van der Waals surface area contributed by atoms with Gasteiger partial charge in [-0.3, -0.25) is 0 Å².